The van der Waals surface area contributed by atoms with Crippen LogP contribution < -0.4 is 19.1 Å². The molecule has 9 heteroatoms. The van der Waals surface area contributed by atoms with Crippen LogP contribution in [-0.2, 0) is 10.0 Å². The van der Waals surface area contributed by atoms with Gasteiger partial charge in [-0.1, -0.05) is 17.7 Å². The van der Waals surface area contributed by atoms with Crippen LogP contribution in [0.25, 0.3) is 0 Å². The minimum absolute atomic E-state index is 0.382. The van der Waals surface area contributed by atoms with Crippen LogP contribution in [-0.4, -0.2) is 65.5 Å². The molecule has 2 aliphatic heterocycles. The monoisotopic (exact) mass is 535 g/mol. The fourth-order valence-corrected chi connectivity index (χ4v) is 6.22. The van der Waals surface area contributed by atoms with E-state index in [0.29, 0.717) is 36.7 Å². The molecule has 0 aromatic heterocycles. The van der Waals surface area contributed by atoms with E-state index in [2.05, 4.69) is 46.6 Å². The molecule has 0 spiro atoms. The first-order valence-corrected chi connectivity index (χ1v) is 15.0. The maximum Gasteiger partial charge on any atom is 0.208 e. The van der Waals surface area contributed by atoms with Crippen LogP contribution in [0, 0.1) is 13.8 Å². The van der Waals surface area contributed by atoms with Crippen molar-refractivity contribution in [3.63, 3.8) is 0 Å². The smallest absolute Gasteiger partial charge is 0.208 e. The Morgan fingerprint density at radius 3 is 2.64 bits per heavy atom. The van der Waals surface area contributed by atoms with E-state index in [-0.39, 0.29) is 0 Å². The number of sulfonamides is 1. The summed E-state index contributed by atoms with van der Waals surface area (Å²) in [7, 11) is -1.50. The number of nitrogens with zero attached hydrogens (tertiary/aromatic N) is 2. The highest BCUT2D eigenvalue weighted by Crippen LogP contribution is 2.40. The predicted molar refractivity (Wildman–Crippen MR) is 146 cm³/mol. The highest BCUT2D eigenvalue weighted by molar-refractivity contribution is 7.88. The average Bonchev–Trinajstić information content (AvgIpc) is 2.85. The summed E-state index contributed by atoms with van der Waals surface area (Å²) in [6, 6.07) is 11.3. The van der Waals surface area contributed by atoms with Crippen LogP contribution in [0.4, 0.5) is 5.69 Å². The maximum absolute atomic E-state index is 11.2. The number of halogens is 1. The van der Waals surface area contributed by atoms with Gasteiger partial charge in [0.05, 0.1) is 25.0 Å². The number of ether oxygens (including phenoxy) is 2. The van der Waals surface area contributed by atoms with Crippen molar-refractivity contribution in [2.24, 2.45) is 0 Å². The van der Waals surface area contributed by atoms with Gasteiger partial charge < -0.3 is 14.4 Å². The molecule has 198 valence electrons. The number of hydrogen-bond donors (Lipinski definition) is 1. The molecule has 36 heavy (non-hydrogen) atoms. The third-order valence-electron chi connectivity index (χ3n) is 7.52. The molecule has 7 nitrogen and oxygen atoms in total. The lowest BCUT2D eigenvalue weighted by molar-refractivity contribution is 0.0712. The zero-order valence-electron chi connectivity index (χ0n) is 21.7. The van der Waals surface area contributed by atoms with Crippen LogP contribution >= 0.6 is 11.6 Å². The van der Waals surface area contributed by atoms with Crippen molar-refractivity contribution in [2.75, 3.05) is 51.1 Å². The predicted octanol–water partition coefficient (Wildman–Crippen LogP) is 4.70. The molecular weight excluding hydrogens is 498 g/mol. The Bertz CT molecular complexity index is 1170. The van der Waals surface area contributed by atoms with Crippen molar-refractivity contribution in [3.05, 3.63) is 52.0 Å². The van der Waals surface area contributed by atoms with Crippen molar-refractivity contribution < 1.29 is 17.9 Å². The van der Waals surface area contributed by atoms with E-state index >= 15 is 0 Å². The van der Waals surface area contributed by atoms with Gasteiger partial charge in [-0.15, -0.1) is 0 Å². The van der Waals surface area contributed by atoms with Gasteiger partial charge in [0.2, 0.25) is 10.0 Å². The lowest BCUT2D eigenvalue weighted by atomic mass is 9.86. The fraction of sp³-hybridized carbons (Fsp3) is 0.556. The third kappa shape index (κ3) is 6.28. The summed E-state index contributed by atoms with van der Waals surface area (Å²) < 4.78 is 36.4. The molecule has 4 rings (SSSR count). The lowest BCUT2D eigenvalue weighted by Crippen LogP contribution is -2.56. The number of rotatable bonds is 9. The molecule has 2 aromatic carbocycles. The van der Waals surface area contributed by atoms with Gasteiger partial charge in [-0.05, 0) is 74.4 Å². The van der Waals surface area contributed by atoms with Crippen LogP contribution in [0.1, 0.15) is 48.4 Å². The number of nitrogens with one attached hydrogen (secondary N) is 1. The molecule has 2 fully saturated rings. The van der Waals surface area contributed by atoms with Crippen LogP contribution in [0.3, 0.4) is 0 Å². The van der Waals surface area contributed by atoms with Crippen molar-refractivity contribution in [3.8, 4) is 11.5 Å². The number of hydrogen-bond acceptors (Lipinski definition) is 6. The zero-order chi connectivity index (χ0) is 25.9. The van der Waals surface area contributed by atoms with E-state index < -0.39 is 10.0 Å². The second-order valence-electron chi connectivity index (χ2n) is 9.87. The van der Waals surface area contributed by atoms with Gasteiger partial charge in [-0.2, -0.15) is 0 Å². The standard InChI is InChI=1S/C27H38ClN3O4S/c1-19-20(2)26(35-16-6-13-29-36(4,32)33)12-10-23(19)25-8-5-7-22-18-30(14-15-31(22)25)21-9-11-24(28)27(17-21)34-3/h9-12,17,22,25,29H,5-8,13-16,18H2,1-4H3/t22-,25+/m0/s1. The highest BCUT2D eigenvalue weighted by Gasteiger charge is 2.36. The Labute approximate surface area is 220 Å². The molecule has 0 unspecified atom stereocenters. The molecular formula is C27H38ClN3O4S. The summed E-state index contributed by atoms with van der Waals surface area (Å²) in [6.45, 7) is 8.17. The van der Waals surface area contributed by atoms with Gasteiger partial charge in [0, 0.05) is 50.0 Å². The van der Waals surface area contributed by atoms with E-state index in [1.165, 1.54) is 42.3 Å². The largest absolute Gasteiger partial charge is 0.495 e. The Kier molecular flexibility index (Phi) is 8.71. The third-order valence-corrected chi connectivity index (χ3v) is 8.57. The van der Waals surface area contributed by atoms with Crippen molar-refractivity contribution in [1.82, 2.24) is 9.62 Å². The van der Waals surface area contributed by atoms with Crippen LogP contribution in [0.15, 0.2) is 30.3 Å². The normalized spacial score (nSPS) is 20.8. The highest BCUT2D eigenvalue weighted by atomic mass is 35.5. The number of methoxy groups -OCH3 is 1. The maximum atomic E-state index is 11.2. The summed E-state index contributed by atoms with van der Waals surface area (Å²) in [4.78, 5) is 5.16. The van der Waals surface area contributed by atoms with Gasteiger partial charge in [-0.3, -0.25) is 4.90 Å². The first-order chi connectivity index (χ1) is 17.2. The van der Waals surface area contributed by atoms with E-state index in [1.54, 1.807) is 7.11 Å². The molecule has 0 radical (unpaired) electrons. The Morgan fingerprint density at radius 1 is 1.08 bits per heavy atom. The SMILES string of the molecule is COc1cc(N2CCN3[C@@H](CCC[C@@H]3c3ccc(OCCCNS(C)(=O)=O)c(C)c3C)C2)ccc1Cl. The second-order valence-corrected chi connectivity index (χ2v) is 12.1. The zero-order valence-corrected chi connectivity index (χ0v) is 23.3. The van der Waals surface area contributed by atoms with Crippen LogP contribution in [0.2, 0.25) is 5.02 Å². The molecule has 2 saturated heterocycles. The first-order valence-electron chi connectivity index (χ1n) is 12.7. The molecule has 2 aromatic rings. The molecule has 2 heterocycles. The number of benzene rings is 2. The lowest BCUT2D eigenvalue weighted by Gasteiger charge is -2.49. The van der Waals surface area contributed by atoms with E-state index in [4.69, 9.17) is 21.1 Å². The second kappa shape index (κ2) is 11.6. The minimum Gasteiger partial charge on any atom is -0.495 e. The fourth-order valence-electron chi connectivity index (χ4n) is 5.51. The van der Waals surface area contributed by atoms with E-state index in [9.17, 15) is 8.42 Å². The minimum atomic E-state index is -3.16. The summed E-state index contributed by atoms with van der Waals surface area (Å²) in [5.41, 5.74) is 5.01. The topological polar surface area (TPSA) is 71.1 Å². The van der Waals surface area contributed by atoms with Crippen LogP contribution in [0.5, 0.6) is 11.5 Å². The molecule has 0 aliphatic carbocycles. The molecule has 0 amide bonds. The van der Waals surface area contributed by atoms with E-state index in [0.717, 1.165) is 36.7 Å². The number of piperazine rings is 1. The molecule has 2 atom stereocenters. The molecule has 1 N–H and O–H groups in total. The number of fused-ring (bicyclic) bond motifs is 1. The van der Waals surface area contributed by atoms with Crippen molar-refractivity contribution >= 4 is 27.3 Å². The van der Waals surface area contributed by atoms with Gasteiger partial charge in [0.25, 0.3) is 0 Å². The molecule has 0 bridgehead atoms. The Morgan fingerprint density at radius 2 is 1.89 bits per heavy atom. The van der Waals surface area contributed by atoms with Gasteiger partial charge in [-0.25, -0.2) is 13.1 Å². The Hall–Kier alpha value is -2.00. The first kappa shape index (κ1) is 27.0. The quantitative estimate of drug-likeness (QED) is 0.469. The number of piperidine rings is 1. The summed E-state index contributed by atoms with van der Waals surface area (Å²) in [5, 5.41) is 0.640. The average molecular weight is 536 g/mol. The van der Waals surface area contributed by atoms with Gasteiger partial charge in [0.1, 0.15) is 11.5 Å². The summed E-state index contributed by atoms with van der Waals surface area (Å²) in [5.74, 6) is 1.60. The van der Waals surface area contributed by atoms with Gasteiger partial charge >= 0.3 is 0 Å². The van der Waals surface area contributed by atoms with Crippen molar-refractivity contribution in [2.45, 2.75) is 51.6 Å². The molecule has 0 saturated carbocycles. The Balaban J connectivity index is 1.42. The van der Waals surface area contributed by atoms with Gasteiger partial charge in [0.15, 0.2) is 0 Å². The van der Waals surface area contributed by atoms with Crippen molar-refractivity contribution in [1.29, 1.82) is 0 Å². The summed E-state index contributed by atoms with van der Waals surface area (Å²) >= 11 is 6.24. The summed E-state index contributed by atoms with van der Waals surface area (Å²) in [6.07, 6.45) is 5.39. The number of anilines is 1. The molecule has 2 aliphatic rings. The van der Waals surface area contributed by atoms with E-state index in [1.807, 2.05) is 12.1 Å².